The Bertz CT molecular complexity index is 855. The van der Waals surface area contributed by atoms with Gasteiger partial charge in [-0.1, -0.05) is 0 Å². The number of halogens is 4. The van der Waals surface area contributed by atoms with Crippen LogP contribution in [0.1, 0.15) is 25.7 Å². The molecule has 3 rings (SSSR count). The fourth-order valence-corrected chi connectivity index (χ4v) is 2.40. The Kier molecular flexibility index (Phi) is 3.71. The topological polar surface area (TPSA) is 56.5 Å². The zero-order chi connectivity index (χ0) is 16.8. The van der Waals surface area contributed by atoms with Crippen LogP contribution in [0.3, 0.4) is 0 Å². The van der Waals surface area contributed by atoms with E-state index in [4.69, 9.17) is 11.6 Å². The lowest BCUT2D eigenvalue weighted by molar-refractivity contribution is -0.144. The molecule has 0 aromatic carbocycles. The van der Waals surface area contributed by atoms with E-state index in [2.05, 4.69) is 19.9 Å². The Labute approximate surface area is 134 Å². The summed E-state index contributed by atoms with van der Waals surface area (Å²) in [5.41, 5.74) is 2.31. The summed E-state index contributed by atoms with van der Waals surface area (Å²) in [7, 11) is 0. The van der Waals surface area contributed by atoms with Gasteiger partial charge in [0.25, 0.3) is 0 Å². The first-order chi connectivity index (χ1) is 10.8. The number of hydrogen-bond acceptors (Lipinski definition) is 4. The van der Waals surface area contributed by atoms with Crippen molar-refractivity contribution in [3.8, 4) is 11.1 Å². The van der Waals surface area contributed by atoms with Crippen LogP contribution in [0, 0.1) is 0 Å². The molecule has 0 aliphatic heterocycles. The Morgan fingerprint density at radius 2 is 1.74 bits per heavy atom. The number of aromatic nitrogens is 5. The summed E-state index contributed by atoms with van der Waals surface area (Å²) in [5, 5.41) is 0.0630. The van der Waals surface area contributed by atoms with Crippen LogP contribution in [0.4, 0.5) is 13.2 Å². The van der Waals surface area contributed by atoms with Crippen LogP contribution in [-0.2, 0) is 6.18 Å². The molecule has 0 spiro atoms. The van der Waals surface area contributed by atoms with Crippen molar-refractivity contribution >= 4 is 22.6 Å². The third-order valence-corrected chi connectivity index (χ3v) is 3.50. The van der Waals surface area contributed by atoms with Crippen molar-refractivity contribution in [1.29, 1.82) is 0 Å². The maximum atomic E-state index is 12.6. The van der Waals surface area contributed by atoms with E-state index in [-0.39, 0.29) is 11.3 Å². The molecule has 0 atom stereocenters. The van der Waals surface area contributed by atoms with Gasteiger partial charge in [-0.3, -0.25) is 0 Å². The molecule has 120 valence electrons. The van der Waals surface area contributed by atoms with Gasteiger partial charge in [0.15, 0.2) is 0 Å². The first-order valence-electron chi connectivity index (χ1n) is 6.70. The van der Waals surface area contributed by atoms with Gasteiger partial charge in [0.05, 0.1) is 11.7 Å². The molecule has 0 aliphatic rings. The molecule has 0 aliphatic carbocycles. The molecule has 0 saturated carbocycles. The van der Waals surface area contributed by atoms with E-state index in [1.165, 1.54) is 0 Å². The van der Waals surface area contributed by atoms with Gasteiger partial charge in [0.2, 0.25) is 11.1 Å². The highest BCUT2D eigenvalue weighted by atomic mass is 35.5. The molecule has 9 heteroatoms. The van der Waals surface area contributed by atoms with Gasteiger partial charge in [-0.15, -0.1) is 0 Å². The summed E-state index contributed by atoms with van der Waals surface area (Å²) in [4.78, 5) is 14.9. The highest BCUT2D eigenvalue weighted by molar-refractivity contribution is 6.28. The largest absolute Gasteiger partial charge is 0.451 e. The van der Waals surface area contributed by atoms with Crippen molar-refractivity contribution in [3.05, 3.63) is 35.9 Å². The lowest BCUT2D eigenvalue weighted by atomic mass is 10.1. The standard InChI is InChI=1S/C14H11ClF3N5/c1-7(2)23-6-9(11-10(23)5-21-13(15)22-11)8-3-19-12(20-4-8)14(16,17)18/h3-7H,1-2H3. The zero-order valence-electron chi connectivity index (χ0n) is 12.1. The molecule has 3 aromatic heterocycles. The van der Waals surface area contributed by atoms with Gasteiger partial charge < -0.3 is 4.57 Å². The van der Waals surface area contributed by atoms with Crippen LogP contribution in [0.25, 0.3) is 22.2 Å². The Morgan fingerprint density at radius 3 is 2.30 bits per heavy atom. The van der Waals surface area contributed by atoms with Crippen LogP contribution in [-0.4, -0.2) is 24.5 Å². The molecule has 3 heterocycles. The smallest absolute Gasteiger partial charge is 0.342 e. The second-order valence-electron chi connectivity index (χ2n) is 5.21. The molecular formula is C14H11ClF3N5. The molecule has 23 heavy (non-hydrogen) atoms. The highest BCUT2D eigenvalue weighted by Crippen LogP contribution is 2.32. The SMILES string of the molecule is CC(C)n1cc(-c2cnc(C(F)(F)F)nc2)c2nc(Cl)ncc21. The molecule has 0 saturated heterocycles. The van der Waals surface area contributed by atoms with Gasteiger partial charge in [-0.25, -0.2) is 19.9 Å². The van der Waals surface area contributed by atoms with Gasteiger partial charge >= 0.3 is 6.18 Å². The maximum Gasteiger partial charge on any atom is 0.451 e. The molecule has 0 unspecified atom stereocenters. The Morgan fingerprint density at radius 1 is 1.09 bits per heavy atom. The van der Waals surface area contributed by atoms with Crippen LogP contribution >= 0.6 is 11.6 Å². The fraction of sp³-hybridized carbons (Fsp3) is 0.286. The quantitative estimate of drug-likeness (QED) is 0.657. The molecule has 0 fully saturated rings. The highest BCUT2D eigenvalue weighted by Gasteiger charge is 2.34. The molecule has 0 radical (unpaired) electrons. The predicted octanol–water partition coefficient (Wildman–Crippen LogP) is 4.14. The van der Waals surface area contributed by atoms with E-state index in [9.17, 15) is 13.2 Å². The van der Waals surface area contributed by atoms with E-state index in [1.54, 1.807) is 12.4 Å². The third kappa shape index (κ3) is 2.86. The average Bonchev–Trinajstić information content (AvgIpc) is 2.85. The summed E-state index contributed by atoms with van der Waals surface area (Å²) in [6, 6.07) is 0.117. The van der Waals surface area contributed by atoms with E-state index in [0.717, 1.165) is 17.9 Å². The summed E-state index contributed by atoms with van der Waals surface area (Å²) < 4.78 is 39.6. The van der Waals surface area contributed by atoms with Crippen molar-refractivity contribution in [2.75, 3.05) is 0 Å². The van der Waals surface area contributed by atoms with Crippen molar-refractivity contribution in [2.24, 2.45) is 0 Å². The molecule has 3 aromatic rings. The monoisotopic (exact) mass is 341 g/mol. The van der Waals surface area contributed by atoms with Gasteiger partial charge in [-0.2, -0.15) is 13.2 Å². The molecule has 0 bridgehead atoms. The second-order valence-corrected chi connectivity index (χ2v) is 5.55. The lowest BCUT2D eigenvalue weighted by Gasteiger charge is -2.07. The molecule has 0 N–H and O–H groups in total. The van der Waals surface area contributed by atoms with E-state index in [1.807, 2.05) is 18.4 Å². The van der Waals surface area contributed by atoms with Gasteiger partial charge in [-0.05, 0) is 25.4 Å². The number of hydrogen-bond donors (Lipinski definition) is 0. The van der Waals surface area contributed by atoms with E-state index >= 15 is 0 Å². The lowest BCUT2D eigenvalue weighted by Crippen LogP contribution is -2.10. The summed E-state index contributed by atoms with van der Waals surface area (Å²) in [6.07, 6.45) is 1.05. The minimum absolute atomic E-state index is 0.0630. The van der Waals surface area contributed by atoms with Crippen LogP contribution < -0.4 is 0 Å². The predicted molar refractivity (Wildman–Crippen MR) is 79.0 cm³/mol. The van der Waals surface area contributed by atoms with Crippen LogP contribution in [0.15, 0.2) is 24.8 Å². The summed E-state index contributed by atoms with van der Waals surface area (Å²) in [6.45, 7) is 3.95. The van der Waals surface area contributed by atoms with Crippen molar-refractivity contribution in [1.82, 2.24) is 24.5 Å². The average molecular weight is 342 g/mol. The number of alkyl halides is 3. The summed E-state index contributed by atoms with van der Waals surface area (Å²) in [5.74, 6) is -1.18. The van der Waals surface area contributed by atoms with Crippen molar-refractivity contribution in [3.63, 3.8) is 0 Å². The van der Waals surface area contributed by atoms with Gasteiger partial charge in [0, 0.05) is 35.8 Å². The first-order valence-corrected chi connectivity index (χ1v) is 7.08. The third-order valence-electron chi connectivity index (χ3n) is 3.31. The van der Waals surface area contributed by atoms with Crippen molar-refractivity contribution < 1.29 is 13.2 Å². The van der Waals surface area contributed by atoms with Crippen LogP contribution in [0.2, 0.25) is 5.28 Å². The Balaban J connectivity index is 2.18. The minimum Gasteiger partial charge on any atom is -0.342 e. The minimum atomic E-state index is -4.57. The molecule has 5 nitrogen and oxygen atoms in total. The maximum absolute atomic E-state index is 12.6. The number of fused-ring (bicyclic) bond motifs is 1. The van der Waals surface area contributed by atoms with Crippen LogP contribution in [0.5, 0.6) is 0 Å². The molecule has 0 amide bonds. The summed E-state index contributed by atoms with van der Waals surface area (Å²) >= 11 is 5.84. The zero-order valence-corrected chi connectivity index (χ0v) is 12.9. The second kappa shape index (κ2) is 5.45. The first kappa shape index (κ1) is 15.7. The number of rotatable bonds is 2. The van der Waals surface area contributed by atoms with Gasteiger partial charge in [0.1, 0.15) is 5.52 Å². The van der Waals surface area contributed by atoms with E-state index < -0.39 is 12.0 Å². The Hall–Kier alpha value is -2.22. The normalized spacial score (nSPS) is 12.3. The number of nitrogens with zero attached hydrogens (tertiary/aromatic N) is 5. The molecular weight excluding hydrogens is 331 g/mol. The van der Waals surface area contributed by atoms with Crippen molar-refractivity contribution in [2.45, 2.75) is 26.1 Å². The van der Waals surface area contributed by atoms with E-state index in [0.29, 0.717) is 16.6 Å². The fourth-order valence-electron chi connectivity index (χ4n) is 2.26.